The van der Waals surface area contributed by atoms with Gasteiger partial charge in [0.15, 0.2) is 0 Å². The highest BCUT2D eigenvalue weighted by Gasteiger charge is 2.26. The topological polar surface area (TPSA) is 67.4 Å². The summed E-state index contributed by atoms with van der Waals surface area (Å²) in [6.07, 6.45) is 1.72. The molecule has 0 spiro atoms. The monoisotopic (exact) mass is 428 g/mol. The Balaban J connectivity index is 1.29. The van der Waals surface area contributed by atoms with E-state index in [1.54, 1.807) is 28.2 Å². The van der Waals surface area contributed by atoms with Gasteiger partial charge in [-0.2, -0.15) is 0 Å². The highest BCUT2D eigenvalue weighted by Crippen LogP contribution is 2.27. The molecule has 0 atom stereocenters. The zero-order chi connectivity index (χ0) is 20.1. The summed E-state index contributed by atoms with van der Waals surface area (Å²) in [6, 6.07) is 7.57. The van der Waals surface area contributed by atoms with Crippen LogP contribution in [0.1, 0.15) is 29.2 Å². The normalized spacial score (nSPS) is 15.3. The van der Waals surface area contributed by atoms with Crippen molar-refractivity contribution >= 4 is 34.3 Å². The molecule has 4 rings (SSSR count). The third kappa shape index (κ3) is 5.41. The number of aromatic nitrogens is 2. The fraction of sp³-hybridized carbons (Fsp3) is 0.381. The summed E-state index contributed by atoms with van der Waals surface area (Å²) in [5.41, 5.74) is 4.52. The number of nitrogens with zero attached hydrogens (tertiary/aromatic N) is 3. The summed E-state index contributed by atoms with van der Waals surface area (Å²) in [5, 5.41) is 8.25. The van der Waals surface area contributed by atoms with Crippen molar-refractivity contribution in [3.05, 3.63) is 56.9 Å². The number of piperidine rings is 1. The molecule has 1 fully saturated rings. The Morgan fingerprint density at radius 1 is 1.24 bits per heavy atom. The Hall–Kier alpha value is -2.29. The first-order valence-corrected chi connectivity index (χ1v) is 11.5. The molecule has 0 bridgehead atoms. The van der Waals surface area contributed by atoms with Crippen LogP contribution in [-0.2, 0) is 17.9 Å². The van der Waals surface area contributed by atoms with Crippen LogP contribution in [0.4, 0.5) is 5.69 Å². The van der Waals surface area contributed by atoms with Gasteiger partial charge in [0.25, 0.3) is 0 Å². The lowest BCUT2D eigenvalue weighted by molar-refractivity contribution is -0.121. The van der Waals surface area contributed by atoms with Gasteiger partial charge >= 0.3 is 0 Å². The van der Waals surface area contributed by atoms with Gasteiger partial charge in [-0.1, -0.05) is 12.1 Å². The molecule has 3 heterocycles. The van der Waals surface area contributed by atoms with Gasteiger partial charge in [-0.15, -0.1) is 22.7 Å². The summed E-state index contributed by atoms with van der Waals surface area (Å²) in [7, 11) is 0. The highest BCUT2D eigenvalue weighted by atomic mass is 32.1. The summed E-state index contributed by atoms with van der Waals surface area (Å²) in [5.74, 6) is 0.763. The Bertz CT molecular complexity index is 934. The number of carbonyl (C=O) groups excluding carboxylic acids is 1. The first-order valence-electron chi connectivity index (χ1n) is 9.70. The van der Waals surface area contributed by atoms with Gasteiger partial charge in [-0.3, -0.25) is 9.69 Å². The molecule has 3 aromatic rings. The number of likely N-dealkylation sites (tertiary alicyclic amines) is 1. The lowest BCUT2D eigenvalue weighted by Crippen LogP contribution is -2.37. The maximum absolute atomic E-state index is 12.8. The maximum atomic E-state index is 12.8. The average Bonchev–Trinajstić information content (AvgIpc) is 3.39. The van der Waals surface area contributed by atoms with Crippen molar-refractivity contribution in [3.8, 4) is 5.75 Å². The molecule has 0 radical (unpaired) electrons. The number of rotatable bonds is 7. The van der Waals surface area contributed by atoms with E-state index in [9.17, 15) is 4.79 Å². The van der Waals surface area contributed by atoms with Gasteiger partial charge in [0.1, 0.15) is 12.4 Å². The van der Waals surface area contributed by atoms with Crippen molar-refractivity contribution in [2.45, 2.75) is 32.9 Å². The molecule has 1 saturated heterocycles. The zero-order valence-corrected chi connectivity index (χ0v) is 18.0. The molecule has 1 aromatic carbocycles. The minimum absolute atomic E-state index is 0.0232. The van der Waals surface area contributed by atoms with E-state index in [0.717, 1.165) is 48.9 Å². The minimum Gasteiger partial charge on any atom is -0.485 e. The molecule has 1 aliphatic heterocycles. The quantitative estimate of drug-likeness (QED) is 0.606. The predicted molar refractivity (Wildman–Crippen MR) is 116 cm³/mol. The van der Waals surface area contributed by atoms with Crippen molar-refractivity contribution in [1.29, 1.82) is 0 Å². The van der Waals surface area contributed by atoms with E-state index in [1.165, 1.54) is 0 Å². The first kappa shape index (κ1) is 20.0. The van der Waals surface area contributed by atoms with Crippen LogP contribution >= 0.6 is 22.7 Å². The Morgan fingerprint density at radius 3 is 2.79 bits per heavy atom. The number of amides is 1. The number of hydrogen-bond acceptors (Lipinski definition) is 7. The molecule has 8 heteroatoms. The smallest absolute Gasteiger partial charge is 0.227 e. The molecule has 2 aromatic heterocycles. The third-order valence-electron chi connectivity index (χ3n) is 5.01. The Morgan fingerprint density at radius 2 is 2.07 bits per heavy atom. The summed E-state index contributed by atoms with van der Waals surface area (Å²) >= 11 is 3.23. The van der Waals surface area contributed by atoms with Gasteiger partial charge in [-0.25, -0.2) is 9.97 Å². The average molecular weight is 429 g/mol. The van der Waals surface area contributed by atoms with Gasteiger partial charge in [0.05, 0.1) is 27.6 Å². The fourth-order valence-corrected chi connectivity index (χ4v) is 4.60. The molecule has 6 nitrogen and oxygen atoms in total. The number of carbonyl (C=O) groups is 1. The van der Waals surface area contributed by atoms with E-state index in [4.69, 9.17) is 4.74 Å². The van der Waals surface area contributed by atoms with E-state index in [1.807, 2.05) is 36.6 Å². The number of nitrogens with one attached hydrogen (secondary N) is 1. The molecule has 152 valence electrons. The zero-order valence-electron chi connectivity index (χ0n) is 16.3. The minimum atomic E-state index is 0.0232. The van der Waals surface area contributed by atoms with Crippen LogP contribution in [0, 0.1) is 12.8 Å². The standard InChI is InChI=1S/C21H24N4O2S2/c1-15-23-17(13-29-15)10-25-8-6-16(7-9-25)21(26)24-19-4-2-3-5-20(19)27-11-18-12-28-14-22-18/h2-5,12-14,16H,6-11H2,1H3,(H,24,26). The number of benzene rings is 1. The van der Waals surface area contributed by atoms with Crippen LogP contribution < -0.4 is 10.1 Å². The molecule has 1 amide bonds. The Labute approximate surface area is 178 Å². The third-order valence-corrected chi connectivity index (χ3v) is 6.47. The number of para-hydroxylation sites is 2. The predicted octanol–water partition coefficient (Wildman–Crippen LogP) is 4.34. The number of hydrogen-bond donors (Lipinski definition) is 1. The van der Waals surface area contributed by atoms with Crippen molar-refractivity contribution in [3.63, 3.8) is 0 Å². The second kappa shape index (κ2) is 9.47. The molecular formula is C21H24N4O2S2. The summed E-state index contributed by atoms with van der Waals surface area (Å²) in [6.45, 7) is 5.12. The van der Waals surface area contributed by atoms with Crippen LogP contribution in [0.3, 0.4) is 0 Å². The highest BCUT2D eigenvalue weighted by molar-refractivity contribution is 7.09. The lowest BCUT2D eigenvalue weighted by Gasteiger charge is -2.30. The molecule has 0 aliphatic carbocycles. The lowest BCUT2D eigenvalue weighted by atomic mass is 9.95. The van der Waals surface area contributed by atoms with Crippen molar-refractivity contribution < 1.29 is 9.53 Å². The fourth-order valence-electron chi connectivity index (χ4n) is 3.45. The van der Waals surface area contributed by atoms with E-state index in [2.05, 4.69) is 25.6 Å². The summed E-state index contributed by atoms with van der Waals surface area (Å²) < 4.78 is 5.87. The largest absolute Gasteiger partial charge is 0.485 e. The van der Waals surface area contributed by atoms with Crippen molar-refractivity contribution in [2.24, 2.45) is 5.92 Å². The molecule has 29 heavy (non-hydrogen) atoms. The second-order valence-corrected chi connectivity index (χ2v) is 8.94. The first-order chi connectivity index (χ1) is 14.2. The van der Waals surface area contributed by atoms with Gasteiger partial charge in [0.2, 0.25) is 5.91 Å². The molecular weight excluding hydrogens is 404 g/mol. The van der Waals surface area contributed by atoms with Crippen LogP contribution in [0.15, 0.2) is 40.5 Å². The van der Waals surface area contributed by atoms with E-state index >= 15 is 0 Å². The second-order valence-electron chi connectivity index (χ2n) is 7.16. The van der Waals surface area contributed by atoms with Crippen LogP contribution in [0.25, 0.3) is 0 Å². The van der Waals surface area contributed by atoms with Gasteiger partial charge in [-0.05, 0) is 45.0 Å². The van der Waals surface area contributed by atoms with Crippen LogP contribution in [0.2, 0.25) is 0 Å². The van der Waals surface area contributed by atoms with E-state index < -0.39 is 0 Å². The molecule has 1 aliphatic rings. The maximum Gasteiger partial charge on any atom is 0.227 e. The molecule has 0 saturated carbocycles. The van der Waals surface area contributed by atoms with Gasteiger partial charge < -0.3 is 10.1 Å². The van der Waals surface area contributed by atoms with Gasteiger partial charge in [0, 0.05) is 23.2 Å². The number of aryl methyl sites for hydroxylation is 1. The number of anilines is 1. The number of thiazole rings is 2. The van der Waals surface area contributed by atoms with Crippen LogP contribution in [-0.4, -0.2) is 33.9 Å². The van der Waals surface area contributed by atoms with Crippen molar-refractivity contribution in [1.82, 2.24) is 14.9 Å². The molecule has 1 N–H and O–H groups in total. The summed E-state index contributed by atoms with van der Waals surface area (Å²) in [4.78, 5) is 24.0. The van der Waals surface area contributed by atoms with Crippen LogP contribution in [0.5, 0.6) is 5.75 Å². The SMILES string of the molecule is Cc1nc(CN2CCC(C(=O)Nc3ccccc3OCc3cscn3)CC2)cs1. The van der Waals surface area contributed by atoms with E-state index in [0.29, 0.717) is 18.0 Å². The number of ether oxygens (including phenoxy) is 1. The van der Waals surface area contributed by atoms with Crippen molar-refractivity contribution in [2.75, 3.05) is 18.4 Å². The molecule has 0 unspecified atom stereocenters. The van der Waals surface area contributed by atoms with E-state index in [-0.39, 0.29) is 11.8 Å². The Kier molecular flexibility index (Phi) is 6.53.